The molecule has 1 atom stereocenters. The highest BCUT2D eigenvalue weighted by molar-refractivity contribution is 5.35. The van der Waals surface area contributed by atoms with E-state index in [4.69, 9.17) is 9.47 Å². The summed E-state index contributed by atoms with van der Waals surface area (Å²) in [6.45, 7) is 9.11. The van der Waals surface area contributed by atoms with Crippen LogP contribution in [0.25, 0.3) is 0 Å². The van der Waals surface area contributed by atoms with Crippen LogP contribution < -0.4 is 15.4 Å². The van der Waals surface area contributed by atoms with E-state index in [2.05, 4.69) is 25.6 Å². The number of nitrogens with one attached hydrogen (secondary N) is 2. The second kappa shape index (κ2) is 7.73. The van der Waals surface area contributed by atoms with Crippen LogP contribution in [0.5, 0.6) is 6.01 Å². The Balaban J connectivity index is 2.70. The molecule has 0 fully saturated rings. The minimum atomic E-state index is 0.0160. The monoisotopic (exact) mass is 269 g/mol. The molecular weight excluding hydrogens is 246 g/mol. The van der Waals surface area contributed by atoms with Gasteiger partial charge in [-0.1, -0.05) is 0 Å². The summed E-state index contributed by atoms with van der Waals surface area (Å²) in [4.78, 5) is 12.5. The molecule has 1 rings (SSSR count). The van der Waals surface area contributed by atoms with Crippen LogP contribution >= 0.6 is 0 Å². The predicted octanol–water partition coefficient (Wildman–Crippen LogP) is 1.54. The van der Waals surface area contributed by atoms with Gasteiger partial charge in [0.1, 0.15) is 0 Å². The Bertz CT molecular complexity index is 386. The molecule has 0 saturated heterocycles. The van der Waals surface area contributed by atoms with Gasteiger partial charge in [-0.25, -0.2) is 0 Å². The van der Waals surface area contributed by atoms with Crippen LogP contribution in [0.15, 0.2) is 0 Å². The standard InChI is InChI=1S/C12H23N5O2/c1-6-18-9(4)7-14-11-15-10(13-5)16-12(17-11)19-8(2)3/h8-9H,6-7H2,1-5H3,(H2,13,14,15,16,17). The number of hydrogen-bond donors (Lipinski definition) is 2. The van der Waals surface area contributed by atoms with Crippen molar-refractivity contribution in [2.75, 3.05) is 30.8 Å². The molecule has 0 spiro atoms. The smallest absolute Gasteiger partial charge is 0.323 e. The third-order valence-electron chi connectivity index (χ3n) is 2.18. The van der Waals surface area contributed by atoms with Crippen molar-refractivity contribution < 1.29 is 9.47 Å². The average Bonchev–Trinajstić information content (AvgIpc) is 2.35. The zero-order chi connectivity index (χ0) is 14.3. The first kappa shape index (κ1) is 15.4. The molecular formula is C12H23N5O2. The number of ether oxygens (including phenoxy) is 2. The number of hydrogen-bond acceptors (Lipinski definition) is 7. The van der Waals surface area contributed by atoms with E-state index in [1.165, 1.54) is 0 Å². The van der Waals surface area contributed by atoms with Gasteiger partial charge in [0.2, 0.25) is 11.9 Å². The number of anilines is 2. The topological polar surface area (TPSA) is 81.2 Å². The van der Waals surface area contributed by atoms with Crippen LogP contribution in [0, 0.1) is 0 Å². The van der Waals surface area contributed by atoms with Crippen molar-refractivity contribution in [2.45, 2.75) is 39.9 Å². The van der Waals surface area contributed by atoms with Crippen molar-refractivity contribution in [2.24, 2.45) is 0 Å². The van der Waals surface area contributed by atoms with Gasteiger partial charge in [-0.15, -0.1) is 0 Å². The van der Waals surface area contributed by atoms with Gasteiger partial charge in [-0.2, -0.15) is 15.0 Å². The fourth-order valence-electron chi connectivity index (χ4n) is 1.39. The van der Waals surface area contributed by atoms with E-state index in [1.54, 1.807) is 7.05 Å². The first-order valence-electron chi connectivity index (χ1n) is 6.51. The molecule has 19 heavy (non-hydrogen) atoms. The molecule has 0 amide bonds. The van der Waals surface area contributed by atoms with Gasteiger partial charge in [0.15, 0.2) is 0 Å². The lowest BCUT2D eigenvalue weighted by molar-refractivity contribution is 0.0854. The fourth-order valence-corrected chi connectivity index (χ4v) is 1.39. The summed E-state index contributed by atoms with van der Waals surface area (Å²) in [5.74, 6) is 0.943. The van der Waals surface area contributed by atoms with Crippen molar-refractivity contribution in [3.8, 4) is 6.01 Å². The fraction of sp³-hybridized carbons (Fsp3) is 0.750. The van der Waals surface area contributed by atoms with Gasteiger partial charge in [0.05, 0.1) is 12.2 Å². The third kappa shape index (κ3) is 5.69. The highest BCUT2D eigenvalue weighted by Crippen LogP contribution is 2.12. The zero-order valence-electron chi connectivity index (χ0n) is 12.2. The first-order chi connectivity index (χ1) is 9.05. The van der Waals surface area contributed by atoms with Gasteiger partial charge in [0.25, 0.3) is 0 Å². The normalized spacial score (nSPS) is 12.3. The van der Waals surface area contributed by atoms with E-state index in [0.717, 1.165) is 0 Å². The lowest BCUT2D eigenvalue weighted by Crippen LogP contribution is -2.21. The predicted molar refractivity (Wildman–Crippen MR) is 74.7 cm³/mol. The molecule has 1 aromatic rings. The molecule has 0 aliphatic heterocycles. The zero-order valence-corrected chi connectivity index (χ0v) is 12.2. The molecule has 0 aromatic carbocycles. The number of rotatable bonds is 8. The number of nitrogens with zero attached hydrogens (tertiary/aromatic N) is 3. The maximum absolute atomic E-state index is 5.48. The largest absolute Gasteiger partial charge is 0.461 e. The molecule has 0 saturated carbocycles. The highest BCUT2D eigenvalue weighted by atomic mass is 16.5. The Morgan fingerprint density at radius 3 is 2.37 bits per heavy atom. The van der Waals surface area contributed by atoms with E-state index in [1.807, 2.05) is 27.7 Å². The Kier molecular flexibility index (Phi) is 6.27. The van der Waals surface area contributed by atoms with Crippen molar-refractivity contribution >= 4 is 11.9 Å². The number of aromatic nitrogens is 3. The average molecular weight is 269 g/mol. The molecule has 1 aromatic heterocycles. The molecule has 1 heterocycles. The highest BCUT2D eigenvalue weighted by Gasteiger charge is 2.09. The summed E-state index contributed by atoms with van der Waals surface area (Å²) in [7, 11) is 1.75. The van der Waals surface area contributed by atoms with Crippen molar-refractivity contribution in [1.82, 2.24) is 15.0 Å². The summed E-state index contributed by atoms with van der Waals surface area (Å²) < 4.78 is 10.9. The van der Waals surface area contributed by atoms with Gasteiger partial charge < -0.3 is 20.1 Å². The summed E-state index contributed by atoms with van der Waals surface area (Å²) in [5, 5.41) is 5.99. The Morgan fingerprint density at radius 2 is 1.79 bits per heavy atom. The van der Waals surface area contributed by atoms with Crippen LogP contribution in [0.1, 0.15) is 27.7 Å². The van der Waals surface area contributed by atoms with Crippen molar-refractivity contribution in [1.29, 1.82) is 0 Å². The third-order valence-corrected chi connectivity index (χ3v) is 2.18. The molecule has 1 unspecified atom stereocenters. The van der Waals surface area contributed by atoms with Crippen molar-refractivity contribution in [3.63, 3.8) is 0 Å². The minimum Gasteiger partial charge on any atom is -0.461 e. The molecule has 0 aliphatic carbocycles. The second-order valence-electron chi connectivity index (χ2n) is 4.33. The molecule has 7 heteroatoms. The van der Waals surface area contributed by atoms with Crippen LogP contribution in [0.3, 0.4) is 0 Å². The Morgan fingerprint density at radius 1 is 1.11 bits per heavy atom. The van der Waals surface area contributed by atoms with Gasteiger partial charge in [0, 0.05) is 20.2 Å². The summed E-state index contributed by atoms with van der Waals surface area (Å²) in [6.07, 6.45) is 0.108. The summed E-state index contributed by atoms with van der Waals surface area (Å²) in [6, 6.07) is 0.306. The molecule has 7 nitrogen and oxygen atoms in total. The van der Waals surface area contributed by atoms with E-state index in [0.29, 0.717) is 31.1 Å². The van der Waals surface area contributed by atoms with E-state index in [-0.39, 0.29) is 12.2 Å². The van der Waals surface area contributed by atoms with Crippen LogP contribution in [-0.4, -0.2) is 47.4 Å². The Hall–Kier alpha value is -1.63. The van der Waals surface area contributed by atoms with E-state index < -0.39 is 0 Å². The van der Waals surface area contributed by atoms with Gasteiger partial charge in [-0.3, -0.25) is 0 Å². The van der Waals surface area contributed by atoms with Crippen LogP contribution in [0.4, 0.5) is 11.9 Å². The van der Waals surface area contributed by atoms with Gasteiger partial charge in [-0.05, 0) is 27.7 Å². The van der Waals surface area contributed by atoms with Crippen LogP contribution in [-0.2, 0) is 4.74 Å². The first-order valence-corrected chi connectivity index (χ1v) is 6.51. The lowest BCUT2D eigenvalue weighted by Gasteiger charge is -2.14. The molecule has 2 N–H and O–H groups in total. The molecule has 108 valence electrons. The lowest BCUT2D eigenvalue weighted by atomic mass is 10.4. The SMILES string of the molecule is CCOC(C)CNc1nc(NC)nc(OC(C)C)n1. The molecule has 0 radical (unpaired) electrons. The summed E-state index contributed by atoms with van der Waals surface area (Å²) in [5.41, 5.74) is 0. The second-order valence-corrected chi connectivity index (χ2v) is 4.33. The van der Waals surface area contributed by atoms with Crippen LogP contribution in [0.2, 0.25) is 0 Å². The maximum atomic E-state index is 5.48. The molecule has 0 bridgehead atoms. The maximum Gasteiger partial charge on any atom is 0.323 e. The minimum absolute atomic E-state index is 0.0160. The Labute approximate surface area is 114 Å². The quantitative estimate of drug-likeness (QED) is 0.740. The molecule has 0 aliphatic rings. The summed E-state index contributed by atoms with van der Waals surface area (Å²) >= 11 is 0. The van der Waals surface area contributed by atoms with Crippen molar-refractivity contribution in [3.05, 3.63) is 0 Å². The van der Waals surface area contributed by atoms with E-state index in [9.17, 15) is 0 Å². The van der Waals surface area contributed by atoms with Gasteiger partial charge >= 0.3 is 6.01 Å². The van der Waals surface area contributed by atoms with E-state index >= 15 is 0 Å².